The predicted molar refractivity (Wildman–Crippen MR) is 67.6 cm³/mol. The fourth-order valence-corrected chi connectivity index (χ4v) is 2.21. The summed E-state index contributed by atoms with van der Waals surface area (Å²) in [5.41, 5.74) is 0. The van der Waals surface area contributed by atoms with Gasteiger partial charge in [0.05, 0.1) is 6.54 Å². The lowest BCUT2D eigenvalue weighted by molar-refractivity contribution is -0.152. The minimum atomic E-state index is -4.08. The van der Waals surface area contributed by atoms with Crippen molar-refractivity contribution < 1.29 is 13.2 Å². The van der Waals surface area contributed by atoms with Crippen LogP contribution in [0.25, 0.3) is 0 Å². The highest BCUT2D eigenvalue weighted by Crippen LogP contribution is 2.32. The molecule has 1 aliphatic rings. The molecule has 0 saturated heterocycles. The summed E-state index contributed by atoms with van der Waals surface area (Å²) in [6, 6.07) is 0.628. The van der Waals surface area contributed by atoms with Gasteiger partial charge in [-0.3, -0.25) is 4.90 Å². The Kier molecular flexibility index (Phi) is 5.92. The molecule has 0 bridgehead atoms. The van der Waals surface area contributed by atoms with Crippen molar-refractivity contribution in [3.8, 4) is 0 Å². The Morgan fingerprint density at radius 3 is 2.28 bits per heavy atom. The van der Waals surface area contributed by atoms with Crippen LogP contribution in [0.1, 0.15) is 46.5 Å². The first-order valence-corrected chi connectivity index (χ1v) is 6.85. The Morgan fingerprint density at radius 2 is 1.83 bits per heavy atom. The van der Waals surface area contributed by atoms with E-state index >= 15 is 0 Å². The molecule has 0 aromatic heterocycles. The van der Waals surface area contributed by atoms with Crippen molar-refractivity contribution in [1.82, 2.24) is 10.2 Å². The van der Waals surface area contributed by atoms with Gasteiger partial charge >= 0.3 is 6.18 Å². The van der Waals surface area contributed by atoms with Gasteiger partial charge in [0.2, 0.25) is 0 Å². The van der Waals surface area contributed by atoms with Crippen molar-refractivity contribution in [2.24, 2.45) is 0 Å². The van der Waals surface area contributed by atoms with Crippen LogP contribution in [0.2, 0.25) is 0 Å². The molecule has 108 valence electrons. The number of nitrogens with zero attached hydrogens (tertiary/aromatic N) is 1. The molecule has 0 spiro atoms. The van der Waals surface area contributed by atoms with Gasteiger partial charge in [-0.05, 0) is 39.2 Å². The molecule has 1 aliphatic carbocycles. The molecule has 18 heavy (non-hydrogen) atoms. The van der Waals surface area contributed by atoms with Crippen molar-refractivity contribution in [2.75, 3.05) is 13.1 Å². The third kappa shape index (κ3) is 6.59. The van der Waals surface area contributed by atoms with Gasteiger partial charge in [0, 0.05) is 18.1 Å². The SMILES string of the molecule is CC(C)NCCCC(C)N(CC(F)(F)F)C1CC1. The van der Waals surface area contributed by atoms with Gasteiger partial charge in [-0.25, -0.2) is 0 Å². The van der Waals surface area contributed by atoms with Gasteiger partial charge < -0.3 is 5.32 Å². The first kappa shape index (κ1) is 15.8. The molecule has 0 aromatic rings. The van der Waals surface area contributed by atoms with Crippen molar-refractivity contribution in [1.29, 1.82) is 0 Å². The van der Waals surface area contributed by atoms with Crippen LogP contribution in [0.3, 0.4) is 0 Å². The molecule has 1 rings (SSSR count). The standard InChI is InChI=1S/C13H25F3N2/c1-10(2)17-8-4-5-11(3)18(12-6-7-12)9-13(14,15)16/h10-12,17H,4-9H2,1-3H3. The van der Waals surface area contributed by atoms with E-state index in [4.69, 9.17) is 0 Å². The number of rotatable bonds is 8. The molecular weight excluding hydrogens is 241 g/mol. The summed E-state index contributed by atoms with van der Waals surface area (Å²) < 4.78 is 37.5. The fraction of sp³-hybridized carbons (Fsp3) is 1.00. The third-order valence-corrected chi connectivity index (χ3v) is 3.30. The van der Waals surface area contributed by atoms with E-state index in [1.165, 1.54) is 0 Å². The van der Waals surface area contributed by atoms with E-state index in [9.17, 15) is 13.2 Å². The summed E-state index contributed by atoms with van der Waals surface area (Å²) in [5.74, 6) is 0. The summed E-state index contributed by atoms with van der Waals surface area (Å²) in [6.45, 7) is 6.19. The average molecular weight is 266 g/mol. The summed E-state index contributed by atoms with van der Waals surface area (Å²) >= 11 is 0. The Labute approximate surface area is 108 Å². The second-order valence-corrected chi connectivity index (χ2v) is 5.62. The molecule has 0 heterocycles. The van der Waals surface area contributed by atoms with Crippen LogP contribution >= 0.6 is 0 Å². The van der Waals surface area contributed by atoms with Crippen LogP contribution in [0.5, 0.6) is 0 Å². The van der Waals surface area contributed by atoms with Crippen LogP contribution in [0.15, 0.2) is 0 Å². The molecule has 2 nitrogen and oxygen atoms in total. The van der Waals surface area contributed by atoms with Crippen LogP contribution in [0, 0.1) is 0 Å². The van der Waals surface area contributed by atoms with E-state index in [0.717, 1.165) is 32.2 Å². The zero-order valence-corrected chi connectivity index (χ0v) is 11.6. The quantitative estimate of drug-likeness (QED) is 0.679. The smallest absolute Gasteiger partial charge is 0.315 e. The Hall–Kier alpha value is -0.290. The van der Waals surface area contributed by atoms with Crippen molar-refractivity contribution in [2.45, 2.75) is 70.8 Å². The minimum Gasteiger partial charge on any atom is -0.315 e. The lowest BCUT2D eigenvalue weighted by Gasteiger charge is -2.30. The Morgan fingerprint density at radius 1 is 1.22 bits per heavy atom. The minimum absolute atomic E-state index is 0.0214. The molecular formula is C13H25F3N2. The van der Waals surface area contributed by atoms with Crippen LogP contribution in [-0.2, 0) is 0 Å². The van der Waals surface area contributed by atoms with Gasteiger partial charge in [-0.2, -0.15) is 13.2 Å². The van der Waals surface area contributed by atoms with Gasteiger partial charge in [0.25, 0.3) is 0 Å². The molecule has 1 fully saturated rings. The van der Waals surface area contributed by atoms with Gasteiger partial charge in [-0.15, -0.1) is 0 Å². The second-order valence-electron chi connectivity index (χ2n) is 5.62. The highest BCUT2D eigenvalue weighted by molar-refractivity contribution is 4.88. The summed E-state index contributed by atoms with van der Waals surface area (Å²) in [5, 5.41) is 3.29. The molecule has 1 saturated carbocycles. The first-order valence-electron chi connectivity index (χ1n) is 6.85. The van der Waals surface area contributed by atoms with E-state index in [0.29, 0.717) is 6.04 Å². The number of hydrogen-bond acceptors (Lipinski definition) is 2. The van der Waals surface area contributed by atoms with E-state index in [1.807, 2.05) is 6.92 Å². The van der Waals surface area contributed by atoms with Crippen molar-refractivity contribution in [3.05, 3.63) is 0 Å². The molecule has 0 aliphatic heterocycles. The number of hydrogen-bond donors (Lipinski definition) is 1. The third-order valence-electron chi connectivity index (χ3n) is 3.30. The van der Waals surface area contributed by atoms with E-state index < -0.39 is 12.7 Å². The zero-order valence-electron chi connectivity index (χ0n) is 11.6. The monoisotopic (exact) mass is 266 g/mol. The maximum absolute atomic E-state index is 12.5. The van der Waals surface area contributed by atoms with Crippen molar-refractivity contribution in [3.63, 3.8) is 0 Å². The molecule has 5 heteroatoms. The highest BCUT2D eigenvalue weighted by Gasteiger charge is 2.39. The lowest BCUT2D eigenvalue weighted by atomic mass is 10.1. The maximum Gasteiger partial charge on any atom is 0.401 e. The highest BCUT2D eigenvalue weighted by atomic mass is 19.4. The summed E-state index contributed by atoms with van der Waals surface area (Å²) in [7, 11) is 0. The molecule has 1 atom stereocenters. The molecule has 0 radical (unpaired) electrons. The predicted octanol–water partition coefficient (Wildman–Crippen LogP) is 3.18. The molecule has 0 aromatic carbocycles. The van der Waals surface area contributed by atoms with Gasteiger partial charge in [0.1, 0.15) is 0 Å². The first-order chi connectivity index (χ1) is 8.29. The molecule has 1 N–H and O–H groups in total. The second kappa shape index (κ2) is 6.75. The van der Waals surface area contributed by atoms with Crippen molar-refractivity contribution >= 4 is 0 Å². The largest absolute Gasteiger partial charge is 0.401 e. The zero-order chi connectivity index (χ0) is 13.8. The summed E-state index contributed by atoms with van der Waals surface area (Å²) in [4.78, 5) is 1.63. The van der Waals surface area contributed by atoms with E-state index in [1.54, 1.807) is 4.90 Å². The molecule has 0 amide bonds. The summed E-state index contributed by atoms with van der Waals surface area (Å²) in [6.07, 6.45) is -0.477. The average Bonchev–Trinajstić information content (AvgIpc) is 3.02. The van der Waals surface area contributed by atoms with Gasteiger partial charge in [0.15, 0.2) is 0 Å². The maximum atomic E-state index is 12.5. The molecule has 1 unspecified atom stereocenters. The normalized spacial score (nSPS) is 18.7. The van der Waals surface area contributed by atoms with E-state index in [-0.39, 0.29) is 12.1 Å². The number of nitrogens with one attached hydrogen (secondary N) is 1. The van der Waals surface area contributed by atoms with Crippen LogP contribution in [-0.4, -0.2) is 42.3 Å². The topological polar surface area (TPSA) is 15.3 Å². The van der Waals surface area contributed by atoms with Gasteiger partial charge in [-0.1, -0.05) is 13.8 Å². The van der Waals surface area contributed by atoms with Crippen LogP contribution in [0.4, 0.5) is 13.2 Å². The number of halogens is 3. The fourth-order valence-electron chi connectivity index (χ4n) is 2.21. The lowest BCUT2D eigenvalue weighted by Crippen LogP contribution is -2.42. The number of alkyl halides is 3. The van der Waals surface area contributed by atoms with Crippen LogP contribution < -0.4 is 5.32 Å². The Balaban J connectivity index is 2.29. The Bertz CT molecular complexity index is 237. The van der Waals surface area contributed by atoms with E-state index in [2.05, 4.69) is 19.2 Å².